The van der Waals surface area contributed by atoms with E-state index in [-0.39, 0.29) is 5.78 Å². The van der Waals surface area contributed by atoms with E-state index in [1.807, 2.05) is 0 Å². The van der Waals surface area contributed by atoms with Gasteiger partial charge in [-0.1, -0.05) is 0 Å². The van der Waals surface area contributed by atoms with E-state index in [0.717, 1.165) is 30.5 Å². The normalized spacial score (nSPS) is 17.1. The van der Waals surface area contributed by atoms with Crippen LogP contribution in [0.4, 0.5) is 0 Å². The number of aromatic nitrogens is 2. The summed E-state index contributed by atoms with van der Waals surface area (Å²) in [5.74, 6) is -0.0561. The van der Waals surface area contributed by atoms with E-state index in [4.69, 9.17) is 5.73 Å². The largest absolute Gasteiger partial charge is 0.321 e. The summed E-state index contributed by atoms with van der Waals surface area (Å²) < 4.78 is 0. The lowest BCUT2D eigenvalue weighted by Crippen LogP contribution is -2.27. The first-order valence-electron chi connectivity index (χ1n) is 4.56. The third-order valence-corrected chi connectivity index (χ3v) is 2.45. The molecule has 1 heterocycles. The number of Topliss-reactive ketones (excluding diaryl/α,β-unsaturated/α-hetero) is 1. The van der Waals surface area contributed by atoms with Crippen LogP contribution in [0, 0.1) is 0 Å². The highest BCUT2D eigenvalue weighted by Crippen LogP contribution is 2.23. The fraction of sp³-hybridized carbons (Fsp3) is 0.556. The topological polar surface area (TPSA) is 71.8 Å². The number of carbonyl (C=O) groups is 1. The van der Waals surface area contributed by atoms with Crippen LogP contribution in [0.3, 0.4) is 0 Å². The van der Waals surface area contributed by atoms with Crippen molar-refractivity contribution in [1.82, 2.24) is 10.2 Å². The second-order valence-corrected chi connectivity index (χ2v) is 3.54. The Balaban J connectivity index is 2.36. The van der Waals surface area contributed by atoms with E-state index in [1.165, 1.54) is 0 Å². The zero-order valence-corrected chi connectivity index (χ0v) is 7.63. The Morgan fingerprint density at radius 3 is 3.08 bits per heavy atom. The van der Waals surface area contributed by atoms with Gasteiger partial charge in [-0.15, -0.1) is 0 Å². The first kappa shape index (κ1) is 8.44. The number of ketones is 1. The number of nitrogens with zero attached hydrogens (tertiary/aromatic N) is 1. The number of aryl methyl sites for hydroxylation is 1. The zero-order chi connectivity index (χ0) is 9.42. The number of H-pyrrole nitrogens is 1. The second kappa shape index (κ2) is 2.96. The van der Waals surface area contributed by atoms with Crippen LogP contribution < -0.4 is 5.73 Å². The van der Waals surface area contributed by atoms with Gasteiger partial charge in [-0.05, 0) is 26.2 Å². The first-order chi connectivity index (χ1) is 6.20. The van der Waals surface area contributed by atoms with Crippen LogP contribution in [0.2, 0.25) is 0 Å². The summed E-state index contributed by atoms with van der Waals surface area (Å²) in [6.07, 6.45) is 3.08. The van der Waals surface area contributed by atoms with Crippen molar-refractivity contribution >= 4 is 5.78 Å². The molecule has 3 N–H and O–H groups in total. The number of nitrogens with two attached hydrogens (primary N) is 1. The number of rotatable bonds is 2. The van der Waals surface area contributed by atoms with E-state index < -0.39 is 6.04 Å². The highest BCUT2D eigenvalue weighted by molar-refractivity contribution is 5.99. The van der Waals surface area contributed by atoms with E-state index in [0.29, 0.717) is 5.69 Å². The van der Waals surface area contributed by atoms with Crippen molar-refractivity contribution in [3.05, 3.63) is 17.0 Å². The van der Waals surface area contributed by atoms with Crippen molar-refractivity contribution in [3.63, 3.8) is 0 Å². The van der Waals surface area contributed by atoms with Crippen molar-refractivity contribution in [2.45, 2.75) is 32.2 Å². The molecule has 0 spiro atoms. The van der Waals surface area contributed by atoms with Gasteiger partial charge < -0.3 is 5.73 Å². The molecule has 1 aliphatic rings. The van der Waals surface area contributed by atoms with Crippen LogP contribution in [0.25, 0.3) is 0 Å². The quantitative estimate of drug-likeness (QED) is 0.646. The Labute approximate surface area is 76.5 Å². The molecule has 0 aromatic carbocycles. The Hall–Kier alpha value is -1.16. The molecule has 70 valence electrons. The fourth-order valence-corrected chi connectivity index (χ4v) is 1.74. The molecule has 0 radical (unpaired) electrons. The molecular formula is C9H13N3O. The van der Waals surface area contributed by atoms with E-state index in [1.54, 1.807) is 6.92 Å². The first-order valence-corrected chi connectivity index (χ1v) is 4.56. The third-order valence-electron chi connectivity index (χ3n) is 2.45. The van der Waals surface area contributed by atoms with Crippen LogP contribution in [-0.4, -0.2) is 22.0 Å². The lowest BCUT2D eigenvalue weighted by molar-refractivity contribution is 0.0962. The standard InChI is InChI=1S/C9H13N3O/c1-5(10)9(13)8-6-3-2-4-7(6)11-12-8/h5H,2-4,10H2,1H3,(H,11,12). The molecule has 13 heavy (non-hydrogen) atoms. The predicted molar refractivity (Wildman–Crippen MR) is 48.6 cm³/mol. The third kappa shape index (κ3) is 1.27. The molecule has 4 heteroatoms. The maximum Gasteiger partial charge on any atom is 0.199 e. The Morgan fingerprint density at radius 2 is 2.38 bits per heavy atom. The molecule has 0 fully saturated rings. The van der Waals surface area contributed by atoms with Gasteiger partial charge in [0.25, 0.3) is 0 Å². The minimum atomic E-state index is -0.451. The average Bonchev–Trinajstić information content (AvgIpc) is 2.61. The molecule has 0 aliphatic heterocycles. The van der Waals surface area contributed by atoms with Gasteiger partial charge in [-0.25, -0.2) is 0 Å². The van der Waals surface area contributed by atoms with Gasteiger partial charge in [-0.3, -0.25) is 9.89 Å². The molecule has 2 rings (SSSR count). The van der Waals surface area contributed by atoms with Crippen molar-refractivity contribution in [3.8, 4) is 0 Å². The lowest BCUT2D eigenvalue weighted by Gasteiger charge is -2.01. The SMILES string of the molecule is CC(N)C(=O)c1n[nH]c2c1CCC2. The molecule has 0 bridgehead atoms. The summed E-state index contributed by atoms with van der Waals surface area (Å²) in [6.45, 7) is 1.69. The van der Waals surface area contributed by atoms with Gasteiger partial charge in [0.05, 0.1) is 6.04 Å². The lowest BCUT2D eigenvalue weighted by atomic mass is 10.1. The van der Waals surface area contributed by atoms with Crippen molar-refractivity contribution in [2.75, 3.05) is 0 Å². The molecule has 1 aromatic heterocycles. The molecular weight excluding hydrogens is 166 g/mol. The van der Waals surface area contributed by atoms with Crippen LogP contribution in [0.1, 0.15) is 35.1 Å². The minimum Gasteiger partial charge on any atom is -0.321 e. The van der Waals surface area contributed by atoms with Gasteiger partial charge in [0.1, 0.15) is 5.69 Å². The molecule has 1 aromatic rings. The van der Waals surface area contributed by atoms with Crippen LogP contribution >= 0.6 is 0 Å². The highest BCUT2D eigenvalue weighted by Gasteiger charge is 2.24. The van der Waals surface area contributed by atoms with Crippen LogP contribution in [0.15, 0.2) is 0 Å². The van der Waals surface area contributed by atoms with Crippen LogP contribution in [0.5, 0.6) is 0 Å². The maximum absolute atomic E-state index is 11.6. The summed E-state index contributed by atoms with van der Waals surface area (Å²) in [4.78, 5) is 11.6. The van der Waals surface area contributed by atoms with E-state index in [9.17, 15) is 4.79 Å². The van der Waals surface area contributed by atoms with Crippen molar-refractivity contribution in [2.24, 2.45) is 5.73 Å². The van der Waals surface area contributed by atoms with Gasteiger partial charge in [0.2, 0.25) is 0 Å². The van der Waals surface area contributed by atoms with Gasteiger partial charge in [-0.2, -0.15) is 5.10 Å². The molecule has 1 unspecified atom stereocenters. The van der Waals surface area contributed by atoms with Gasteiger partial charge in [0.15, 0.2) is 5.78 Å². The Bertz CT molecular complexity index is 341. The molecule has 1 aliphatic carbocycles. The monoisotopic (exact) mass is 179 g/mol. The minimum absolute atomic E-state index is 0.0561. The zero-order valence-electron chi connectivity index (χ0n) is 7.63. The van der Waals surface area contributed by atoms with Crippen LogP contribution in [-0.2, 0) is 12.8 Å². The summed E-state index contributed by atoms with van der Waals surface area (Å²) in [5, 5.41) is 6.90. The number of hydrogen-bond acceptors (Lipinski definition) is 3. The predicted octanol–water partition coefficient (Wildman–Crippen LogP) is 0.428. The van der Waals surface area contributed by atoms with E-state index in [2.05, 4.69) is 10.2 Å². The number of fused-ring (bicyclic) bond motifs is 1. The molecule has 0 saturated heterocycles. The summed E-state index contributed by atoms with van der Waals surface area (Å²) >= 11 is 0. The fourth-order valence-electron chi connectivity index (χ4n) is 1.74. The molecule has 4 nitrogen and oxygen atoms in total. The summed E-state index contributed by atoms with van der Waals surface area (Å²) in [5.41, 5.74) is 8.28. The Kier molecular flexibility index (Phi) is 1.92. The van der Waals surface area contributed by atoms with Gasteiger partial charge >= 0.3 is 0 Å². The number of aromatic amines is 1. The molecule has 1 atom stereocenters. The smallest absolute Gasteiger partial charge is 0.199 e. The van der Waals surface area contributed by atoms with Gasteiger partial charge in [0, 0.05) is 11.3 Å². The Morgan fingerprint density at radius 1 is 1.62 bits per heavy atom. The highest BCUT2D eigenvalue weighted by atomic mass is 16.1. The molecule has 0 saturated carbocycles. The summed E-state index contributed by atoms with van der Waals surface area (Å²) in [7, 11) is 0. The average molecular weight is 179 g/mol. The molecule has 0 amide bonds. The van der Waals surface area contributed by atoms with Crippen molar-refractivity contribution < 1.29 is 4.79 Å². The maximum atomic E-state index is 11.6. The number of hydrogen-bond donors (Lipinski definition) is 2. The summed E-state index contributed by atoms with van der Waals surface area (Å²) in [6, 6.07) is -0.451. The number of nitrogens with one attached hydrogen (secondary N) is 1. The number of carbonyl (C=O) groups excluding carboxylic acids is 1. The van der Waals surface area contributed by atoms with E-state index >= 15 is 0 Å². The van der Waals surface area contributed by atoms with Crippen molar-refractivity contribution in [1.29, 1.82) is 0 Å². The second-order valence-electron chi connectivity index (χ2n) is 3.54.